The van der Waals surface area contributed by atoms with Crippen molar-refractivity contribution in [1.29, 1.82) is 0 Å². The average Bonchev–Trinajstić information content (AvgIpc) is 2.60. The second kappa shape index (κ2) is 8.68. The zero-order chi connectivity index (χ0) is 18.2. The maximum atomic E-state index is 12.0. The highest BCUT2D eigenvalue weighted by Crippen LogP contribution is 2.29. The summed E-state index contributed by atoms with van der Waals surface area (Å²) in [6.45, 7) is 4.11. The summed E-state index contributed by atoms with van der Waals surface area (Å²) in [4.78, 5) is 22.6. The number of anilines is 1. The number of hydrogen-bond donors (Lipinski definition) is 1. The standard InChI is InChI=1S/C18H20N2O5/c1-3-10-24-15-8-9-16(17(11-15)20(22)23)19-18(21)12-25-14-6-4-13(2)5-7-14/h4-9,11H,3,10,12H2,1-2H3,(H,19,21). The van der Waals surface area contributed by atoms with Crippen LogP contribution in [0.2, 0.25) is 0 Å². The highest BCUT2D eigenvalue weighted by molar-refractivity contribution is 5.94. The van der Waals surface area contributed by atoms with Crippen molar-refractivity contribution in [3.05, 3.63) is 58.1 Å². The van der Waals surface area contributed by atoms with Crippen molar-refractivity contribution in [3.63, 3.8) is 0 Å². The van der Waals surface area contributed by atoms with Crippen LogP contribution < -0.4 is 14.8 Å². The number of rotatable bonds is 8. The molecule has 1 N–H and O–H groups in total. The largest absolute Gasteiger partial charge is 0.493 e. The Hall–Kier alpha value is -3.09. The summed E-state index contributed by atoms with van der Waals surface area (Å²) in [6, 6.07) is 11.6. The van der Waals surface area contributed by atoms with Gasteiger partial charge in [0.25, 0.3) is 11.6 Å². The second-order valence-corrected chi connectivity index (χ2v) is 5.43. The van der Waals surface area contributed by atoms with Gasteiger partial charge in [0.05, 0.1) is 17.6 Å². The fourth-order valence-corrected chi connectivity index (χ4v) is 2.05. The molecule has 2 rings (SSSR count). The molecule has 1 amide bonds. The van der Waals surface area contributed by atoms with E-state index >= 15 is 0 Å². The molecular formula is C18H20N2O5. The number of nitro groups is 1. The Morgan fingerprint density at radius 2 is 1.80 bits per heavy atom. The number of nitrogens with zero attached hydrogens (tertiary/aromatic N) is 1. The third kappa shape index (κ3) is 5.49. The first-order valence-electron chi connectivity index (χ1n) is 7.90. The summed E-state index contributed by atoms with van der Waals surface area (Å²) in [5, 5.41) is 13.7. The number of carbonyl (C=O) groups excluding carboxylic acids is 1. The Labute approximate surface area is 145 Å². The first-order valence-corrected chi connectivity index (χ1v) is 7.90. The molecule has 0 unspecified atom stereocenters. The molecule has 0 aliphatic carbocycles. The summed E-state index contributed by atoms with van der Waals surface area (Å²) in [6.07, 6.45) is 0.794. The maximum Gasteiger partial charge on any atom is 0.296 e. The molecule has 7 nitrogen and oxygen atoms in total. The number of amides is 1. The van der Waals surface area contributed by atoms with E-state index in [1.807, 2.05) is 26.0 Å². The van der Waals surface area contributed by atoms with E-state index in [9.17, 15) is 14.9 Å². The molecule has 0 aromatic heterocycles. The first kappa shape index (κ1) is 18.3. The number of hydrogen-bond acceptors (Lipinski definition) is 5. The maximum absolute atomic E-state index is 12.0. The lowest BCUT2D eigenvalue weighted by Gasteiger charge is -2.10. The molecule has 25 heavy (non-hydrogen) atoms. The van der Waals surface area contributed by atoms with Crippen LogP contribution in [0.15, 0.2) is 42.5 Å². The van der Waals surface area contributed by atoms with Crippen LogP contribution in [0, 0.1) is 17.0 Å². The van der Waals surface area contributed by atoms with E-state index in [2.05, 4.69) is 5.32 Å². The number of nitrogens with one attached hydrogen (secondary N) is 1. The molecule has 0 heterocycles. The SMILES string of the molecule is CCCOc1ccc(NC(=O)COc2ccc(C)cc2)c([N+](=O)[O-])c1. The van der Waals surface area contributed by atoms with E-state index in [1.165, 1.54) is 12.1 Å². The van der Waals surface area contributed by atoms with Crippen molar-refractivity contribution < 1.29 is 19.2 Å². The van der Waals surface area contributed by atoms with Gasteiger partial charge in [-0.05, 0) is 37.6 Å². The average molecular weight is 344 g/mol. The van der Waals surface area contributed by atoms with Gasteiger partial charge in [-0.15, -0.1) is 0 Å². The molecule has 0 bridgehead atoms. The van der Waals surface area contributed by atoms with Crippen LogP contribution in [0.5, 0.6) is 11.5 Å². The smallest absolute Gasteiger partial charge is 0.296 e. The normalized spacial score (nSPS) is 10.2. The number of ether oxygens (including phenoxy) is 2. The zero-order valence-corrected chi connectivity index (χ0v) is 14.2. The van der Waals surface area contributed by atoms with Gasteiger partial charge in [-0.3, -0.25) is 14.9 Å². The predicted molar refractivity (Wildman–Crippen MR) is 94.2 cm³/mol. The lowest BCUT2D eigenvalue weighted by Crippen LogP contribution is -2.20. The lowest BCUT2D eigenvalue weighted by molar-refractivity contribution is -0.384. The number of nitro benzene ring substituents is 1. The van der Waals surface area contributed by atoms with Crippen LogP contribution in [-0.2, 0) is 4.79 Å². The lowest BCUT2D eigenvalue weighted by atomic mass is 10.2. The summed E-state index contributed by atoms with van der Waals surface area (Å²) < 4.78 is 10.7. The molecule has 0 aliphatic heterocycles. The van der Waals surface area contributed by atoms with Gasteiger partial charge in [0.15, 0.2) is 6.61 Å². The van der Waals surface area contributed by atoms with Gasteiger partial charge in [0.2, 0.25) is 0 Å². The van der Waals surface area contributed by atoms with E-state index < -0.39 is 10.8 Å². The van der Waals surface area contributed by atoms with Crippen LogP contribution in [0.3, 0.4) is 0 Å². The van der Waals surface area contributed by atoms with Crippen LogP contribution >= 0.6 is 0 Å². The van der Waals surface area contributed by atoms with E-state index in [-0.39, 0.29) is 18.0 Å². The number of benzene rings is 2. The topological polar surface area (TPSA) is 90.7 Å². The third-order valence-corrected chi connectivity index (χ3v) is 3.30. The summed E-state index contributed by atoms with van der Waals surface area (Å²) in [7, 11) is 0. The van der Waals surface area contributed by atoms with Gasteiger partial charge in [0.1, 0.15) is 17.2 Å². The highest BCUT2D eigenvalue weighted by Gasteiger charge is 2.17. The van der Waals surface area contributed by atoms with Crippen molar-refractivity contribution in [2.24, 2.45) is 0 Å². The van der Waals surface area contributed by atoms with E-state index in [1.54, 1.807) is 18.2 Å². The quantitative estimate of drug-likeness (QED) is 0.582. The molecule has 2 aromatic carbocycles. The van der Waals surface area contributed by atoms with Crippen molar-refractivity contribution in [3.8, 4) is 11.5 Å². The summed E-state index contributed by atoms with van der Waals surface area (Å²) in [5.41, 5.74) is 0.960. The molecule has 2 aromatic rings. The summed E-state index contributed by atoms with van der Waals surface area (Å²) in [5.74, 6) is 0.465. The van der Waals surface area contributed by atoms with Crippen molar-refractivity contribution in [2.75, 3.05) is 18.5 Å². The monoisotopic (exact) mass is 344 g/mol. The molecular weight excluding hydrogens is 324 g/mol. The van der Waals surface area contributed by atoms with Crippen LogP contribution in [0.1, 0.15) is 18.9 Å². The second-order valence-electron chi connectivity index (χ2n) is 5.43. The molecule has 0 atom stereocenters. The van der Waals surface area contributed by atoms with E-state index in [0.29, 0.717) is 18.1 Å². The Kier molecular flexibility index (Phi) is 6.33. The van der Waals surface area contributed by atoms with Crippen LogP contribution in [0.4, 0.5) is 11.4 Å². The predicted octanol–water partition coefficient (Wildman–Crippen LogP) is 3.71. The van der Waals surface area contributed by atoms with Gasteiger partial charge in [-0.2, -0.15) is 0 Å². The highest BCUT2D eigenvalue weighted by atomic mass is 16.6. The van der Waals surface area contributed by atoms with E-state index in [0.717, 1.165) is 12.0 Å². The zero-order valence-electron chi connectivity index (χ0n) is 14.2. The Morgan fingerprint density at radius 3 is 2.44 bits per heavy atom. The Balaban J connectivity index is 2.01. The minimum atomic E-state index is -0.560. The first-order chi connectivity index (χ1) is 12.0. The molecule has 0 saturated carbocycles. The van der Waals surface area contributed by atoms with Crippen molar-refractivity contribution >= 4 is 17.3 Å². The number of carbonyl (C=O) groups is 1. The van der Waals surface area contributed by atoms with Gasteiger partial charge in [0, 0.05) is 0 Å². The van der Waals surface area contributed by atoms with Gasteiger partial charge >= 0.3 is 0 Å². The van der Waals surface area contributed by atoms with Crippen molar-refractivity contribution in [2.45, 2.75) is 20.3 Å². The van der Waals surface area contributed by atoms with Gasteiger partial charge in [-0.1, -0.05) is 24.6 Å². The molecule has 0 saturated heterocycles. The summed E-state index contributed by atoms with van der Waals surface area (Å²) >= 11 is 0. The fourth-order valence-electron chi connectivity index (χ4n) is 2.05. The fraction of sp³-hybridized carbons (Fsp3) is 0.278. The van der Waals surface area contributed by atoms with Crippen LogP contribution in [-0.4, -0.2) is 24.0 Å². The molecule has 0 fully saturated rings. The van der Waals surface area contributed by atoms with Gasteiger partial charge < -0.3 is 14.8 Å². The molecule has 0 radical (unpaired) electrons. The van der Waals surface area contributed by atoms with Gasteiger partial charge in [-0.25, -0.2) is 0 Å². The third-order valence-electron chi connectivity index (χ3n) is 3.30. The van der Waals surface area contributed by atoms with E-state index in [4.69, 9.17) is 9.47 Å². The Morgan fingerprint density at radius 1 is 1.12 bits per heavy atom. The molecule has 0 spiro atoms. The molecule has 132 valence electrons. The minimum Gasteiger partial charge on any atom is -0.493 e. The molecule has 7 heteroatoms. The minimum absolute atomic E-state index is 0.103. The Bertz CT molecular complexity index is 744. The number of aryl methyl sites for hydroxylation is 1. The van der Waals surface area contributed by atoms with Crippen molar-refractivity contribution in [1.82, 2.24) is 0 Å². The van der Waals surface area contributed by atoms with Crippen LogP contribution in [0.25, 0.3) is 0 Å². The molecule has 0 aliphatic rings.